The minimum absolute atomic E-state index is 0.124. The lowest BCUT2D eigenvalue weighted by Gasteiger charge is -1.88. The zero-order valence-corrected chi connectivity index (χ0v) is 11.3. The van der Waals surface area contributed by atoms with E-state index in [1.165, 1.54) is 5.57 Å². The van der Waals surface area contributed by atoms with Crippen LogP contribution in [0.25, 0.3) is 0 Å². The maximum Gasteiger partial charge on any atom is 0.152 e. The van der Waals surface area contributed by atoms with Gasteiger partial charge in [0.15, 0.2) is 5.78 Å². The molecule has 0 amide bonds. The van der Waals surface area contributed by atoms with Crippen molar-refractivity contribution in [3.8, 4) is 0 Å². The summed E-state index contributed by atoms with van der Waals surface area (Å²) in [7, 11) is 0. The van der Waals surface area contributed by atoms with Crippen LogP contribution in [0.5, 0.6) is 0 Å². The quantitative estimate of drug-likeness (QED) is 0.538. The van der Waals surface area contributed by atoms with E-state index in [1.807, 2.05) is 39.8 Å². The smallest absolute Gasteiger partial charge is 0.152 e. The van der Waals surface area contributed by atoms with Crippen LogP contribution in [0.1, 0.15) is 48.0 Å². The first kappa shape index (κ1) is 17.2. The zero-order chi connectivity index (χ0) is 13.1. The van der Waals surface area contributed by atoms with Gasteiger partial charge in [-0.3, -0.25) is 9.59 Å². The molecule has 0 aliphatic carbocycles. The van der Waals surface area contributed by atoms with Crippen LogP contribution >= 0.6 is 0 Å². The number of allylic oxidation sites excluding steroid dienone is 4. The number of carbonyl (C=O) groups is 2. The molecule has 2 nitrogen and oxygen atoms in total. The van der Waals surface area contributed by atoms with E-state index in [-0.39, 0.29) is 11.6 Å². The summed E-state index contributed by atoms with van der Waals surface area (Å²) in [5.74, 6) is 0.837. The van der Waals surface area contributed by atoms with Gasteiger partial charge in [0.05, 0.1) is 0 Å². The Morgan fingerprint density at radius 3 is 1.69 bits per heavy atom. The van der Waals surface area contributed by atoms with Crippen LogP contribution in [-0.2, 0) is 9.59 Å². The summed E-state index contributed by atoms with van der Waals surface area (Å²) in [6.45, 7) is 11.2. The third-order valence-electron chi connectivity index (χ3n) is 1.51. The second-order valence-electron chi connectivity index (χ2n) is 4.40. The molecule has 2 heteroatoms. The minimum atomic E-state index is 0.124. The second kappa shape index (κ2) is 10.3. The van der Waals surface area contributed by atoms with Gasteiger partial charge < -0.3 is 0 Å². The molecule has 16 heavy (non-hydrogen) atoms. The van der Waals surface area contributed by atoms with Crippen LogP contribution in [-0.4, -0.2) is 11.6 Å². The van der Waals surface area contributed by atoms with Crippen molar-refractivity contribution in [2.24, 2.45) is 5.92 Å². The topological polar surface area (TPSA) is 34.1 Å². The molecule has 0 spiro atoms. The van der Waals surface area contributed by atoms with E-state index in [4.69, 9.17) is 0 Å². The molecule has 0 fully saturated rings. The van der Waals surface area contributed by atoms with Gasteiger partial charge in [-0.2, -0.15) is 0 Å². The Labute approximate surface area is 99.4 Å². The van der Waals surface area contributed by atoms with Crippen LogP contribution in [0.3, 0.4) is 0 Å². The van der Waals surface area contributed by atoms with E-state index in [1.54, 1.807) is 19.9 Å². The summed E-state index contributed by atoms with van der Waals surface area (Å²) >= 11 is 0. The Balaban J connectivity index is 0. The lowest BCUT2D eigenvalue weighted by atomic mass is 10.2. The second-order valence-corrected chi connectivity index (χ2v) is 4.40. The van der Waals surface area contributed by atoms with E-state index < -0.39 is 0 Å². The Morgan fingerprint density at radius 1 is 1.06 bits per heavy atom. The first-order valence-corrected chi connectivity index (χ1v) is 5.57. The SMILES string of the molecule is CC(=O)C=CC(C)C.CC(=O)CC=C(C)C. The highest BCUT2D eigenvalue weighted by molar-refractivity contribution is 5.87. The van der Waals surface area contributed by atoms with Gasteiger partial charge in [0, 0.05) is 6.42 Å². The van der Waals surface area contributed by atoms with Crippen LogP contribution < -0.4 is 0 Å². The van der Waals surface area contributed by atoms with Crippen LogP contribution in [0.2, 0.25) is 0 Å². The minimum Gasteiger partial charge on any atom is -0.300 e. The number of rotatable bonds is 4. The molecular formula is C14H24O2. The van der Waals surface area contributed by atoms with Crippen molar-refractivity contribution in [1.82, 2.24) is 0 Å². The highest BCUT2D eigenvalue weighted by Gasteiger charge is 1.85. The highest BCUT2D eigenvalue weighted by Crippen LogP contribution is 1.92. The number of ketones is 2. The number of hydrogen-bond donors (Lipinski definition) is 0. The molecule has 0 bridgehead atoms. The van der Waals surface area contributed by atoms with Crippen molar-refractivity contribution < 1.29 is 9.59 Å². The normalized spacial score (nSPS) is 9.69. The Bertz CT molecular complexity index is 266. The maximum atomic E-state index is 10.3. The van der Waals surface area contributed by atoms with Gasteiger partial charge in [-0.1, -0.05) is 31.6 Å². The van der Waals surface area contributed by atoms with E-state index >= 15 is 0 Å². The van der Waals surface area contributed by atoms with E-state index in [9.17, 15) is 9.59 Å². The monoisotopic (exact) mass is 224 g/mol. The van der Waals surface area contributed by atoms with Crippen molar-refractivity contribution in [3.63, 3.8) is 0 Å². The van der Waals surface area contributed by atoms with Crippen molar-refractivity contribution in [2.75, 3.05) is 0 Å². The molecule has 0 aromatic rings. The van der Waals surface area contributed by atoms with Gasteiger partial charge in [0.2, 0.25) is 0 Å². The van der Waals surface area contributed by atoms with Gasteiger partial charge >= 0.3 is 0 Å². The van der Waals surface area contributed by atoms with Gasteiger partial charge in [-0.05, 0) is 39.7 Å². The summed E-state index contributed by atoms with van der Waals surface area (Å²) in [6.07, 6.45) is 6.01. The van der Waals surface area contributed by atoms with Crippen LogP contribution in [0, 0.1) is 5.92 Å². The molecule has 0 radical (unpaired) electrons. The molecule has 0 unspecified atom stereocenters. The zero-order valence-electron chi connectivity index (χ0n) is 11.3. The average Bonchev–Trinajstić information content (AvgIpc) is 2.12. The Hall–Kier alpha value is -1.18. The molecule has 0 saturated carbocycles. The molecule has 0 rings (SSSR count). The Kier molecular flexibility index (Phi) is 11.1. The van der Waals surface area contributed by atoms with Crippen molar-refractivity contribution in [3.05, 3.63) is 23.8 Å². The highest BCUT2D eigenvalue weighted by atomic mass is 16.1. The maximum absolute atomic E-state index is 10.3. The third kappa shape index (κ3) is 23.0. The Morgan fingerprint density at radius 2 is 1.56 bits per heavy atom. The molecule has 92 valence electrons. The fourth-order valence-electron chi connectivity index (χ4n) is 0.676. The lowest BCUT2D eigenvalue weighted by molar-refractivity contribution is -0.116. The fraction of sp³-hybridized carbons (Fsp3) is 0.571. The molecule has 0 heterocycles. The summed E-state index contributed by atoms with van der Waals surface area (Å²) in [5, 5.41) is 0. The van der Waals surface area contributed by atoms with Gasteiger partial charge in [0.1, 0.15) is 5.78 Å². The van der Waals surface area contributed by atoms with Crippen molar-refractivity contribution in [1.29, 1.82) is 0 Å². The molecule has 0 aromatic carbocycles. The first-order chi connectivity index (χ1) is 7.25. The lowest BCUT2D eigenvalue weighted by Crippen LogP contribution is -1.84. The summed E-state index contributed by atoms with van der Waals surface area (Å²) < 4.78 is 0. The average molecular weight is 224 g/mol. The third-order valence-corrected chi connectivity index (χ3v) is 1.51. The largest absolute Gasteiger partial charge is 0.300 e. The predicted octanol–water partition coefficient (Wildman–Crippen LogP) is 3.72. The van der Waals surface area contributed by atoms with Gasteiger partial charge in [-0.15, -0.1) is 0 Å². The molecular weight excluding hydrogens is 200 g/mol. The predicted molar refractivity (Wildman–Crippen MR) is 69.4 cm³/mol. The molecule has 0 aromatic heterocycles. The van der Waals surface area contributed by atoms with Gasteiger partial charge in [-0.25, -0.2) is 0 Å². The van der Waals surface area contributed by atoms with E-state index in [2.05, 4.69) is 0 Å². The molecule has 0 N–H and O–H groups in total. The summed E-state index contributed by atoms with van der Waals surface area (Å²) in [6, 6.07) is 0. The number of hydrogen-bond acceptors (Lipinski definition) is 2. The van der Waals surface area contributed by atoms with E-state index in [0.29, 0.717) is 12.3 Å². The van der Waals surface area contributed by atoms with Crippen molar-refractivity contribution >= 4 is 11.6 Å². The number of carbonyl (C=O) groups excluding carboxylic acids is 2. The van der Waals surface area contributed by atoms with Crippen LogP contribution in [0.4, 0.5) is 0 Å². The fourth-order valence-corrected chi connectivity index (χ4v) is 0.676. The van der Waals surface area contributed by atoms with Crippen molar-refractivity contribution in [2.45, 2.75) is 48.0 Å². The van der Waals surface area contributed by atoms with E-state index in [0.717, 1.165) is 0 Å². The molecule has 0 atom stereocenters. The first-order valence-electron chi connectivity index (χ1n) is 5.57. The summed E-state index contributed by atoms with van der Waals surface area (Å²) in [4.78, 5) is 20.6. The van der Waals surface area contributed by atoms with Crippen LogP contribution in [0.15, 0.2) is 23.8 Å². The molecule has 0 aliphatic rings. The number of Topliss-reactive ketones (excluding diaryl/α,β-unsaturated/α-hetero) is 1. The standard InChI is InChI=1S/2C7H12O/c2*1-6(2)4-5-7(3)8/h4H,5H2,1-3H3;4-6H,1-3H3. The van der Waals surface area contributed by atoms with Gasteiger partial charge in [0.25, 0.3) is 0 Å². The summed E-state index contributed by atoms with van der Waals surface area (Å²) in [5.41, 5.74) is 1.21. The molecule has 0 saturated heterocycles. The molecule has 0 aliphatic heterocycles.